The van der Waals surface area contributed by atoms with E-state index in [4.69, 9.17) is 25.8 Å². The second kappa shape index (κ2) is 11.2. The van der Waals surface area contributed by atoms with Crippen LogP contribution in [0.2, 0.25) is 5.02 Å². The van der Waals surface area contributed by atoms with Crippen molar-refractivity contribution in [3.63, 3.8) is 0 Å². The van der Waals surface area contributed by atoms with Crippen molar-refractivity contribution in [2.75, 3.05) is 17.7 Å². The lowest BCUT2D eigenvalue weighted by molar-refractivity contribution is -0.122. The van der Waals surface area contributed by atoms with E-state index in [2.05, 4.69) is 10.6 Å². The predicted molar refractivity (Wildman–Crippen MR) is 128 cm³/mol. The van der Waals surface area contributed by atoms with Gasteiger partial charge in [0.2, 0.25) is 0 Å². The summed E-state index contributed by atoms with van der Waals surface area (Å²) in [5.74, 6) is 1.07. The average molecular weight is 469 g/mol. The smallest absolute Gasteiger partial charge is 0.265 e. The third kappa shape index (κ3) is 6.89. The Bertz CT molecular complexity index is 1090. The molecule has 0 bridgehead atoms. The van der Waals surface area contributed by atoms with Gasteiger partial charge in [0, 0.05) is 11.4 Å². The summed E-state index contributed by atoms with van der Waals surface area (Å²) in [5, 5.41) is 5.99. The molecule has 0 aliphatic rings. The van der Waals surface area contributed by atoms with Gasteiger partial charge in [0.15, 0.2) is 12.2 Å². The number of nitrogens with one attached hydrogen (secondary N) is 2. The number of hydrogen-bond acceptors (Lipinski definition) is 5. The third-order valence-corrected chi connectivity index (χ3v) is 4.98. The fourth-order valence-corrected chi connectivity index (χ4v) is 3.00. The summed E-state index contributed by atoms with van der Waals surface area (Å²) in [6.45, 7) is 3.30. The number of anilines is 2. The van der Waals surface area contributed by atoms with Crippen LogP contribution in [0.15, 0.2) is 72.8 Å². The van der Waals surface area contributed by atoms with Crippen molar-refractivity contribution >= 4 is 34.8 Å². The van der Waals surface area contributed by atoms with Crippen molar-refractivity contribution < 1.29 is 23.8 Å². The van der Waals surface area contributed by atoms with Crippen LogP contribution >= 0.6 is 11.6 Å². The van der Waals surface area contributed by atoms with E-state index >= 15 is 0 Å². The molecule has 0 aliphatic carbocycles. The van der Waals surface area contributed by atoms with Gasteiger partial charge in [-0.05, 0) is 74.5 Å². The number of amides is 2. The minimum atomic E-state index is -0.750. The molecule has 2 amide bonds. The zero-order valence-corrected chi connectivity index (χ0v) is 19.3. The molecular weight excluding hydrogens is 444 g/mol. The molecule has 3 aromatic carbocycles. The Morgan fingerprint density at radius 2 is 1.21 bits per heavy atom. The maximum Gasteiger partial charge on any atom is 0.265 e. The first-order chi connectivity index (χ1) is 15.9. The van der Waals surface area contributed by atoms with E-state index in [1.165, 1.54) is 0 Å². The lowest BCUT2D eigenvalue weighted by atomic mass is 10.2. The second-order valence-corrected chi connectivity index (χ2v) is 7.59. The molecule has 2 N–H and O–H groups in total. The molecule has 2 atom stereocenters. The molecule has 172 valence electrons. The van der Waals surface area contributed by atoms with E-state index < -0.39 is 12.2 Å². The summed E-state index contributed by atoms with van der Waals surface area (Å²) in [7, 11) is 1.58. The maximum atomic E-state index is 12.4. The molecule has 0 saturated heterocycles. The number of para-hydroxylation sites is 1. The molecule has 3 aromatic rings. The Balaban J connectivity index is 1.51. The van der Waals surface area contributed by atoms with Crippen LogP contribution in [-0.4, -0.2) is 31.1 Å². The summed E-state index contributed by atoms with van der Waals surface area (Å²) in [5.41, 5.74) is 1.14. The quantitative estimate of drug-likeness (QED) is 0.453. The van der Waals surface area contributed by atoms with Crippen molar-refractivity contribution in [1.29, 1.82) is 0 Å². The van der Waals surface area contributed by atoms with Gasteiger partial charge >= 0.3 is 0 Å². The van der Waals surface area contributed by atoms with Crippen LogP contribution < -0.4 is 24.8 Å². The third-order valence-electron chi connectivity index (χ3n) is 4.67. The number of benzene rings is 3. The highest BCUT2D eigenvalue weighted by molar-refractivity contribution is 6.32. The normalized spacial score (nSPS) is 12.2. The van der Waals surface area contributed by atoms with Gasteiger partial charge in [-0.15, -0.1) is 0 Å². The van der Waals surface area contributed by atoms with E-state index in [0.717, 1.165) is 0 Å². The Labute approximate surface area is 197 Å². The summed E-state index contributed by atoms with van der Waals surface area (Å²) >= 11 is 6.07. The van der Waals surface area contributed by atoms with Gasteiger partial charge in [0.1, 0.15) is 17.2 Å². The van der Waals surface area contributed by atoms with Crippen molar-refractivity contribution in [2.45, 2.75) is 26.1 Å². The molecule has 3 rings (SSSR count). The van der Waals surface area contributed by atoms with Crippen molar-refractivity contribution in [2.24, 2.45) is 0 Å². The van der Waals surface area contributed by atoms with E-state index in [1.54, 1.807) is 93.8 Å². The topological polar surface area (TPSA) is 85.9 Å². The molecule has 8 heteroatoms. The first kappa shape index (κ1) is 23.9. The highest BCUT2D eigenvalue weighted by atomic mass is 35.5. The van der Waals surface area contributed by atoms with E-state index in [-0.39, 0.29) is 11.8 Å². The standard InChI is InChI=1S/C25H25ClN2O5/c1-16(32-21-14-12-20(31-3)13-15-21)24(29)27-18-8-10-19(11-9-18)28-25(30)17(2)33-23-7-5-4-6-22(23)26/h4-17H,1-3H3,(H,27,29)(H,28,30). The van der Waals surface area contributed by atoms with Crippen molar-refractivity contribution in [1.82, 2.24) is 0 Å². The van der Waals surface area contributed by atoms with Crippen LogP contribution in [0.1, 0.15) is 13.8 Å². The molecule has 0 aromatic heterocycles. The number of hydrogen-bond donors (Lipinski definition) is 2. The van der Waals surface area contributed by atoms with Crippen molar-refractivity contribution in [3.05, 3.63) is 77.8 Å². The molecule has 0 aliphatic heterocycles. The minimum Gasteiger partial charge on any atom is -0.497 e. The summed E-state index contributed by atoms with van der Waals surface area (Å²) in [6, 6.07) is 20.7. The number of ether oxygens (including phenoxy) is 3. The lowest BCUT2D eigenvalue weighted by Crippen LogP contribution is -2.30. The molecule has 2 unspecified atom stereocenters. The lowest BCUT2D eigenvalue weighted by Gasteiger charge is -2.16. The van der Waals surface area contributed by atoms with Crippen LogP contribution in [0, 0.1) is 0 Å². The van der Waals surface area contributed by atoms with Gasteiger partial charge in [0.25, 0.3) is 11.8 Å². The average Bonchev–Trinajstić information content (AvgIpc) is 2.82. The molecule has 7 nitrogen and oxygen atoms in total. The number of halogens is 1. The SMILES string of the molecule is COc1ccc(OC(C)C(=O)Nc2ccc(NC(=O)C(C)Oc3ccccc3Cl)cc2)cc1. The second-order valence-electron chi connectivity index (χ2n) is 7.18. The van der Waals surface area contributed by atoms with Gasteiger partial charge in [-0.25, -0.2) is 0 Å². The molecule has 0 heterocycles. The highest BCUT2D eigenvalue weighted by Gasteiger charge is 2.17. The molecule has 0 spiro atoms. The Hall–Kier alpha value is -3.71. The zero-order chi connectivity index (χ0) is 23.8. The molecule has 0 saturated carbocycles. The van der Waals surface area contributed by atoms with E-state index in [9.17, 15) is 9.59 Å². The monoisotopic (exact) mass is 468 g/mol. The summed E-state index contributed by atoms with van der Waals surface area (Å²) in [6.07, 6.45) is -1.46. The van der Waals surface area contributed by atoms with Crippen LogP contribution in [-0.2, 0) is 9.59 Å². The first-order valence-corrected chi connectivity index (χ1v) is 10.7. The predicted octanol–water partition coefficient (Wildman–Crippen LogP) is 5.16. The minimum absolute atomic E-state index is 0.302. The summed E-state index contributed by atoms with van der Waals surface area (Å²) < 4.78 is 16.4. The first-order valence-electron chi connectivity index (χ1n) is 10.3. The molecule has 33 heavy (non-hydrogen) atoms. The van der Waals surface area contributed by atoms with E-state index in [0.29, 0.717) is 33.6 Å². The largest absolute Gasteiger partial charge is 0.497 e. The Morgan fingerprint density at radius 3 is 1.73 bits per heavy atom. The van der Waals surface area contributed by atoms with Gasteiger partial charge in [-0.1, -0.05) is 23.7 Å². The fraction of sp³-hybridized carbons (Fsp3) is 0.200. The zero-order valence-electron chi connectivity index (χ0n) is 18.5. The highest BCUT2D eigenvalue weighted by Crippen LogP contribution is 2.24. The van der Waals surface area contributed by atoms with Gasteiger partial charge in [-0.3, -0.25) is 9.59 Å². The summed E-state index contributed by atoms with van der Waals surface area (Å²) in [4.78, 5) is 24.9. The fourth-order valence-electron chi connectivity index (χ4n) is 2.82. The van der Waals surface area contributed by atoms with E-state index in [1.807, 2.05) is 0 Å². The van der Waals surface area contributed by atoms with Crippen LogP contribution in [0.25, 0.3) is 0 Å². The van der Waals surface area contributed by atoms with Crippen molar-refractivity contribution in [3.8, 4) is 17.2 Å². The van der Waals surface area contributed by atoms with Gasteiger partial charge in [0.05, 0.1) is 12.1 Å². The Kier molecular flexibility index (Phi) is 8.16. The number of methoxy groups -OCH3 is 1. The molecule has 0 fully saturated rings. The molecule has 0 radical (unpaired) electrons. The van der Waals surface area contributed by atoms with Crippen LogP contribution in [0.5, 0.6) is 17.2 Å². The maximum absolute atomic E-state index is 12.4. The Morgan fingerprint density at radius 1 is 0.727 bits per heavy atom. The van der Waals surface area contributed by atoms with Gasteiger partial charge < -0.3 is 24.8 Å². The number of carbonyl (C=O) groups is 2. The van der Waals surface area contributed by atoms with Crippen LogP contribution in [0.3, 0.4) is 0 Å². The molecular formula is C25H25ClN2O5. The number of rotatable bonds is 9. The van der Waals surface area contributed by atoms with Gasteiger partial charge in [-0.2, -0.15) is 0 Å². The van der Waals surface area contributed by atoms with Crippen LogP contribution in [0.4, 0.5) is 11.4 Å². The number of carbonyl (C=O) groups excluding carboxylic acids is 2.